The third-order valence-electron chi connectivity index (χ3n) is 4.49. The Kier molecular flexibility index (Phi) is 3.66. The van der Waals surface area contributed by atoms with Crippen molar-refractivity contribution in [2.75, 3.05) is 13.1 Å². The van der Waals surface area contributed by atoms with Gasteiger partial charge in [-0.25, -0.2) is 0 Å². The average Bonchev–Trinajstić information content (AvgIpc) is 3.08. The summed E-state index contributed by atoms with van der Waals surface area (Å²) in [7, 11) is 0. The molecule has 1 heterocycles. The lowest BCUT2D eigenvalue weighted by atomic mass is 10.1. The van der Waals surface area contributed by atoms with Crippen molar-refractivity contribution in [3.63, 3.8) is 0 Å². The highest BCUT2D eigenvalue weighted by Crippen LogP contribution is 2.36. The molecule has 1 amide bonds. The lowest BCUT2D eigenvalue weighted by Gasteiger charge is -2.24. The summed E-state index contributed by atoms with van der Waals surface area (Å²) in [4.78, 5) is 14.3. The van der Waals surface area contributed by atoms with Crippen molar-refractivity contribution < 1.29 is 9.90 Å². The highest BCUT2D eigenvalue weighted by molar-refractivity contribution is 5.81. The molecule has 1 aromatic rings. The predicted octanol–water partition coefficient (Wildman–Crippen LogP) is 1.98. The number of carbonyl (C=O) groups is 1. The Hall–Kier alpha value is -1.55. The number of hydrogen-bond donors (Lipinski definition) is 2. The van der Waals surface area contributed by atoms with Gasteiger partial charge in [0.15, 0.2) is 0 Å². The molecule has 1 aliphatic carbocycles. The van der Waals surface area contributed by atoms with Crippen molar-refractivity contribution in [3.05, 3.63) is 29.3 Å². The lowest BCUT2D eigenvalue weighted by Crippen LogP contribution is -2.44. The van der Waals surface area contributed by atoms with Crippen LogP contribution in [0.25, 0.3) is 0 Å². The molecular formula is C16H22N2O2. The molecule has 20 heavy (non-hydrogen) atoms. The molecule has 0 bridgehead atoms. The lowest BCUT2D eigenvalue weighted by molar-refractivity contribution is -0.132. The second-order valence-corrected chi connectivity index (χ2v) is 5.86. The molecule has 0 aromatic heterocycles. The number of aromatic hydroxyl groups is 1. The first-order valence-electron chi connectivity index (χ1n) is 7.52. The van der Waals surface area contributed by atoms with Crippen LogP contribution in [0.3, 0.4) is 0 Å². The molecule has 4 heteroatoms. The molecule has 2 N–H and O–H groups in total. The van der Waals surface area contributed by atoms with E-state index >= 15 is 0 Å². The van der Waals surface area contributed by atoms with Crippen LogP contribution >= 0.6 is 0 Å². The summed E-state index contributed by atoms with van der Waals surface area (Å²) in [6.45, 7) is 3.74. The number of benzene rings is 1. The predicted molar refractivity (Wildman–Crippen MR) is 77.6 cm³/mol. The van der Waals surface area contributed by atoms with E-state index in [9.17, 15) is 9.90 Å². The fraction of sp³-hybridized carbons (Fsp3) is 0.562. The van der Waals surface area contributed by atoms with E-state index in [4.69, 9.17) is 0 Å². The number of carbonyl (C=O) groups excluding carboxylic acids is 1. The van der Waals surface area contributed by atoms with Gasteiger partial charge in [-0.1, -0.05) is 12.1 Å². The van der Waals surface area contributed by atoms with E-state index in [1.165, 1.54) is 0 Å². The van der Waals surface area contributed by atoms with Gasteiger partial charge < -0.3 is 10.0 Å². The van der Waals surface area contributed by atoms with Gasteiger partial charge >= 0.3 is 0 Å². The van der Waals surface area contributed by atoms with Crippen molar-refractivity contribution in [1.29, 1.82) is 0 Å². The molecule has 2 unspecified atom stereocenters. The number of rotatable bonds is 3. The zero-order valence-corrected chi connectivity index (χ0v) is 11.9. The van der Waals surface area contributed by atoms with Crippen LogP contribution in [0.15, 0.2) is 18.2 Å². The summed E-state index contributed by atoms with van der Waals surface area (Å²) in [6.07, 6.45) is 4.08. The largest absolute Gasteiger partial charge is 0.508 e. The number of fused-ring (bicyclic) bond motifs is 1. The quantitative estimate of drug-likeness (QED) is 0.886. The maximum atomic E-state index is 12.3. The second kappa shape index (κ2) is 5.44. The maximum Gasteiger partial charge on any atom is 0.239 e. The number of nitrogens with one attached hydrogen (secondary N) is 1. The molecule has 1 aliphatic heterocycles. The van der Waals surface area contributed by atoms with Gasteiger partial charge in [-0.3, -0.25) is 10.1 Å². The number of hydrogen-bond acceptors (Lipinski definition) is 3. The Morgan fingerprint density at radius 3 is 2.90 bits per heavy atom. The smallest absolute Gasteiger partial charge is 0.239 e. The van der Waals surface area contributed by atoms with E-state index in [0.717, 1.165) is 49.9 Å². The first-order valence-corrected chi connectivity index (χ1v) is 7.52. The van der Waals surface area contributed by atoms with Crippen LogP contribution < -0.4 is 5.32 Å². The van der Waals surface area contributed by atoms with Crippen LogP contribution in [0.2, 0.25) is 0 Å². The summed E-state index contributed by atoms with van der Waals surface area (Å²) in [5.74, 6) is 0.585. The van der Waals surface area contributed by atoms with Gasteiger partial charge in [-0.05, 0) is 49.8 Å². The number of phenolic OH excluding ortho intramolecular Hbond substituents is 1. The third kappa shape index (κ3) is 2.40. The van der Waals surface area contributed by atoms with Crippen LogP contribution in [0, 0.1) is 0 Å². The molecular weight excluding hydrogens is 252 g/mol. The van der Waals surface area contributed by atoms with E-state index in [-0.39, 0.29) is 18.0 Å². The Morgan fingerprint density at radius 1 is 1.40 bits per heavy atom. The first kappa shape index (κ1) is 13.4. The standard InChI is InChI=1S/C16H22N2O2/c1-11(16(20)18-9-2-3-10-18)17-14-8-7-13-12(14)5-4-6-15(13)19/h4-6,11,14,17,19H,2-3,7-10H2,1H3. The summed E-state index contributed by atoms with van der Waals surface area (Å²) >= 11 is 0. The van der Waals surface area contributed by atoms with Gasteiger partial charge in [-0.2, -0.15) is 0 Å². The van der Waals surface area contributed by atoms with Crippen LogP contribution in [0.5, 0.6) is 5.75 Å². The highest BCUT2D eigenvalue weighted by Gasteiger charge is 2.29. The van der Waals surface area contributed by atoms with Gasteiger partial charge in [0.2, 0.25) is 5.91 Å². The topological polar surface area (TPSA) is 52.6 Å². The van der Waals surface area contributed by atoms with E-state index in [0.29, 0.717) is 5.75 Å². The minimum atomic E-state index is -0.161. The molecule has 1 saturated heterocycles. The molecule has 0 spiro atoms. The Labute approximate surface area is 119 Å². The fourth-order valence-electron chi connectivity index (χ4n) is 3.39. The van der Waals surface area contributed by atoms with Crippen molar-refractivity contribution in [2.24, 2.45) is 0 Å². The molecule has 0 saturated carbocycles. The molecule has 2 atom stereocenters. The molecule has 108 valence electrons. The minimum Gasteiger partial charge on any atom is -0.508 e. The Morgan fingerprint density at radius 2 is 2.15 bits per heavy atom. The normalized spacial score (nSPS) is 22.9. The molecule has 1 fully saturated rings. The van der Waals surface area contributed by atoms with Crippen LogP contribution in [-0.2, 0) is 11.2 Å². The molecule has 0 radical (unpaired) electrons. The minimum absolute atomic E-state index is 0.161. The van der Waals surface area contributed by atoms with Crippen LogP contribution in [0.1, 0.15) is 43.4 Å². The van der Waals surface area contributed by atoms with Crippen molar-refractivity contribution in [1.82, 2.24) is 10.2 Å². The second-order valence-electron chi connectivity index (χ2n) is 5.86. The van der Waals surface area contributed by atoms with Gasteiger partial charge in [0, 0.05) is 19.1 Å². The Balaban J connectivity index is 1.67. The zero-order valence-electron chi connectivity index (χ0n) is 11.9. The van der Waals surface area contributed by atoms with Gasteiger partial charge in [-0.15, -0.1) is 0 Å². The summed E-state index contributed by atoms with van der Waals surface area (Å²) in [6, 6.07) is 5.68. The number of likely N-dealkylation sites (tertiary alicyclic amines) is 1. The van der Waals surface area contributed by atoms with Crippen molar-refractivity contribution in [2.45, 2.75) is 44.7 Å². The van der Waals surface area contributed by atoms with Gasteiger partial charge in [0.05, 0.1) is 6.04 Å². The molecule has 1 aromatic carbocycles. The monoisotopic (exact) mass is 274 g/mol. The van der Waals surface area contributed by atoms with E-state index in [1.54, 1.807) is 6.07 Å². The number of amides is 1. The Bertz CT molecular complexity index is 509. The van der Waals surface area contributed by atoms with Gasteiger partial charge in [0.1, 0.15) is 5.75 Å². The SMILES string of the molecule is CC(NC1CCc2c(O)cccc21)C(=O)N1CCCC1. The third-order valence-corrected chi connectivity index (χ3v) is 4.49. The fourth-order valence-corrected chi connectivity index (χ4v) is 3.39. The molecule has 4 nitrogen and oxygen atoms in total. The molecule has 3 rings (SSSR count). The summed E-state index contributed by atoms with van der Waals surface area (Å²) in [5.41, 5.74) is 2.18. The van der Waals surface area contributed by atoms with E-state index < -0.39 is 0 Å². The highest BCUT2D eigenvalue weighted by atomic mass is 16.3. The van der Waals surface area contributed by atoms with Crippen LogP contribution in [0.4, 0.5) is 0 Å². The average molecular weight is 274 g/mol. The summed E-state index contributed by atoms with van der Waals surface area (Å²) < 4.78 is 0. The number of phenols is 1. The van der Waals surface area contributed by atoms with E-state index in [1.807, 2.05) is 24.0 Å². The van der Waals surface area contributed by atoms with Crippen LogP contribution in [-0.4, -0.2) is 35.0 Å². The van der Waals surface area contributed by atoms with E-state index in [2.05, 4.69) is 5.32 Å². The number of nitrogens with zero attached hydrogens (tertiary/aromatic N) is 1. The first-order chi connectivity index (χ1) is 9.66. The zero-order chi connectivity index (χ0) is 14.1. The van der Waals surface area contributed by atoms with Crippen molar-refractivity contribution >= 4 is 5.91 Å². The van der Waals surface area contributed by atoms with Crippen molar-refractivity contribution in [3.8, 4) is 5.75 Å². The maximum absolute atomic E-state index is 12.3. The summed E-state index contributed by atoms with van der Waals surface area (Å²) in [5, 5.41) is 13.3. The molecule has 2 aliphatic rings. The van der Waals surface area contributed by atoms with Gasteiger partial charge in [0.25, 0.3) is 0 Å².